The summed E-state index contributed by atoms with van der Waals surface area (Å²) in [4.78, 5) is 27.2. The number of carbonyl (C=O) groups excluding carboxylic acids is 2. The van der Waals surface area contributed by atoms with Crippen LogP contribution in [0.25, 0.3) is 5.76 Å². The average molecular weight is 428 g/mol. The number of benzene rings is 2. The topological polar surface area (TPSA) is 70.8 Å². The second kappa shape index (κ2) is 7.43. The molecule has 3 aromatic rings. The molecule has 1 unspecified atom stereocenters. The lowest BCUT2D eigenvalue weighted by Gasteiger charge is -2.23. The number of aryl methyl sites for hydroxylation is 1. The minimum absolute atomic E-state index is 0.0772. The van der Waals surface area contributed by atoms with Gasteiger partial charge in [-0.3, -0.25) is 14.5 Å². The highest BCUT2D eigenvalue weighted by Crippen LogP contribution is 2.43. The van der Waals surface area contributed by atoms with Crippen molar-refractivity contribution in [3.05, 3.63) is 93.4 Å². The second-order valence-corrected chi connectivity index (χ2v) is 7.48. The van der Waals surface area contributed by atoms with E-state index in [2.05, 4.69) is 0 Å². The Kier molecular flexibility index (Phi) is 4.94. The van der Waals surface area contributed by atoms with E-state index in [4.69, 9.17) is 27.6 Å². The zero-order chi connectivity index (χ0) is 20.7. The van der Waals surface area contributed by atoms with Gasteiger partial charge in [-0.2, -0.15) is 0 Å². The molecule has 0 spiro atoms. The standard InChI is InChI=1S/C22H15Cl2NO4/c1-12-8-9-17(29-12)19-18(20(26)13-4-2-5-14(23)10-13)21(27)22(28)25(19)16-7-3-6-15(24)11-16/h2-11,19,26H,1H3/b20-18-. The van der Waals surface area contributed by atoms with Gasteiger partial charge in [0.25, 0.3) is 11.7 Å². The Morgan fingerprint density at radius 1 is 1.00 bits per heavy atom. The molecule has 1 atom stereocenters. The number of Topliss-reactive ketones (excluding diaryl/α,β-unsaturated/α-hetero) is 1. The van der Waals surface area contributed by atoms with E-state index < -0.39 is 17.7 Å². The van der Waals surface area contributed by atoms with E-state index in [9.17, 15) is 14.7 Å². The van der Waals surface area contributed by atoms with Gasteiger partial charge in [0.05, 0.1) is 5.57 Å². The van der Waals surface area contributed by atoms with Crippen molar-refractivity contribution < 1.29 is 19.1 Å². The van der Waals surface area contributed by atoms with Gasteiger partial charge in [0.1, 0.15) is 23.3 Å². The van der Waals surface area contributed by atoms with Gasteiger partial charge in [0.2, 0.25) is 0 Å². The van der Waals surface area contributed by atoms with E-state index >= 15 is 0 Å². The molecule has 5 nitrogen and oxygen atoms in total. The molecule has 1 aliphatic heterocycles. The maximum Gasteiger partial charge on any atom is 0.300 e. The van der Waals surface area contributed by atoms with Gasteiger partial charge in [-0.05, 0) is 49.4 Å². The fourth-order valence-electron chi connectivity index (χ4n) is 3.39. The number of furan rings is 1. The molecule has 0 bridgehead atoms. The van der Waals surface area contributed by atoms with Crippen molar-refractivity contribution in [3.8, 4) is 0 Å². The van der Waals surface area contributed by atoms with Crippen LogP contribution in [0.4, 0.5) is 5.69 Å². The molecular formula is C22H15Cl2NO4. The molecule has 1 fully saturated rings. The van der Waals surface area contributed by atoms with Crippen LogP contribution in [-0.2, 0) is 9.59 Å². The highest BCUT2D eigenvalue weighted by Gasteiger charge is 2.48. The number of hydrogen-bond donors (Lipinski definition) is 1. The van der Waals surface area contributed by atoms with Crippen molar-refractivity contribution in [1.82, 2.24) is 0 Å². The zero-order valence-corrected chi connectivity index (χ0v) is 16.7. The van der Waals surface area contributed by atoms with E-state index in [0.717, 1.165) is 0 Å². The molecule has 2 aromatic carbocycles. The van der Waals surface area contributed by atoms with Crippen LogP contribution in [0.15, 0.2) is 70.7 Å². The molecule has 0 aliphatic carbocycles. The maximum atomic E-state index is 12.9. The third-order valence-corrected chi connectivity index (χ3v) is 5.13. The van der Waals surface area contributed by atoms with Crippen molar-refractivity contribution >= 4 is 46.3 Å². The van der Waals surface area contributed by atoms with Crippen LogP contribution < -0.4 is 4.90 Å². The number of aliphatic hydroxyl groups is 1. The largest absolute Gasteiger partial charge is 0.507 e. The molecule has 29 heavy (non-hydrogen) atoms. The van der Waals surface area contributed by atoms with Gasteiger partial charge in [-0.25, -0.2) is 0 Å². The van der Waals surface area contributed by atoms with Crippen molar-refractivity contribution in [2.24, 2.45) is 0 Å². The summed E-state index contributed by atoms with van der Waals surface area (Å²) in [6, 6.07) is 15.5. The van der Waals surface area contributed by atoms with E-state index in [1.54, 1.807) is 61.5 Å². The van der Waals surface area contributed by atoms with E-state index in [1.165, 1.54) is 11.0 Å². The summed E-state index contributed by atoms with van der Waals surface area (Å²) >= 11 is 12.1. The van der Waals surface area contributed by atoms with E-state index in [-0.39, 0.29) is 11.3 Å². The fraction of sp³-hybridized carbons (Fsp3) is 0.0909. The average Bonchev–Trinajstić information content (AvgIpc) is 3.23. The predicted octanol–water partition coefficient (Wildman–Crippen LogP) is 5.52. The van der Waals surface area contributed by atoms with Crippen LogP contribution in [-0.4, -0.2) is 16.8 Å². The van der Waals surface area contributed by atoms with Crippen LogP contribution in [0, 0.1) is 6.92 Å². The third kappa shape index (κ3) is 3.43. The first-order valence-electron chi connectivity index (χ1n) is 8.75. The van der Waals surface area contributed by atoms with Gasteiger partial charge in [-0.15, -0.1) is 0 Å². The molecule has 146 valence electrons. The Balaban J connectivity index is 1.95. The van der Waals surface area contributed by atoms with Crippen LogP contribution in [0.2, 0.25) is 10.0 Å². The maximum absolute atomic E-state index is 12.9. The number of nitrogens with zero attached hydrogens (tertiary/aromatic N) is 1. The molecule has 0 saturated carbocycles. The monoisotopic (exact) mass is 427 g/mol. The van der Waals surface area contributed by atoms with Crippen molar-refractivity contribution in [1.29, 1.82) is 0 Å². The minimum atomic E-state index is -0.943. The summed E-state index contributed by atoms with van der Waals surface area (Å²) in [5.74, 6) is -0.962. The van der Waals surface area contributed by atoms with Gasteiger partial charge in [0.15, 0.2) is 0 Å². The molecule has 1 amide bonds. The van der Waals surface area contributed by atoms with Gasteiger partial charge in [-0.1, -0.05) is 41.4 Å². The highest BCUT2D eigenvalue weighted by molar-refractivity contribution is 6.51. The van der Waals surface area contributed by atoms with Gasteiger partial charge >= 0.3 is 0 Å². The second-order valence-electron chi connectivity index (χ2n) is 6.61. The van der Waals surface area contributed by atoms with Crippen LogP contribution in [0.3, 0.4) is 0 Å². The molecule has 0 radical (unpaired) electrons. The lowest BCUT2D eigenvalue weighted by Crippen LogP contribution is -2.29. The summed E-state index contributed by atoms with van der Waals surface area (Å²) in [7, 11) is 0. The molecule has 4 rings (SSSR count). The summed E-state index contributed by atoms with van der Waals surface area (Å²) in [5.41, 5.74) is 0.672. The molecular weight excluding hydrogens is 413 g/mol. The van der Waals surface area contributed by atoms with Crippen molar-refractivity contribution in [3.63, 3.8) is 0 Å². The SMILES string of the molecule is Cc1ccc(C2/C(=C(/O)c3cccc(Cl)c3)C(=O)C(=O)N2c2cccc(Cl)c2)o1. The first-order valence-corrected chi connectivity index (χ1v) is 9.51. The summed E-state index contributed by atoms with van der Waals surface area (Å²) < 4.78 is 5.74. The number of amides is 1. The van der Waals surface area contributed by atoms with Gasteiger partial charge < -0.3 is 9.52 Å². The van der Waals surface area contributed by atoms with Crippen LogP contribution in [0.5, 0.6) is 0 Å². The number of rotatable bonds is 3. The molecule has 2 heterocycles. The van der Waals surface area contributed by atoms with Crippen molar-refractivity contribution in [2.45, 2.75) is 13.0 Å². The summed E-state index contributed by atoms with van der Waals surface area (Å²) in [6.07, 6.45) is 0. The Bertz CT molecular complexity index is 1160. The highest BCUT2D eigenvalue weighted by atomic mass is 35.5. The molecule has 1 aromatic heterocycles. The molecule has 1 aliphatic rings. The van der Waals surface area contributed by atoms with Gasteiger partial charge in [0, 0.05) is 21.3 Å². The Labute approximate surface area is 176 Å². The number of aliphatic hydroxyl groups excluding tert-OH is 1. The molecule has 1 saturated heterocycles. The number of halogens is 2. The molecule has 1 N–H and O–H groups in total. The Morgan fingerprint density at radius 3 is 2.31 bits per heavy atom. The number of carbonyl (C=O) groups is 2. The van der Waals surface area contributed by atoms with Crippen LogP contribution >= 0.6 is 23.2 Å². The predicted molar refractivity (Wildman–Crippen MR) is 111 cm³/mol. The smallest absolute Gasteiger partial charge is 0.300 e. The zero-order valence-electron chi connectivity index (χ0n) is 15.2. The molecule has 7 heteroatoms. The van der Waals surface area contributed by atoms with Crippen molar-refractivity contribution in [2.75, 3.05) is 4.90 Å². The number of anilines is 1. The normalized spacial score (nSPS) is 18.4. The van der Waals surface area contributed by atoms with Crippen LogP contribution in [0.1, 0.15) is 23.1 Å². The lowest BCUT2D eigenvalue weighted by molar-refractivity contribution is -0.132. The third-order valence-electron chi connectivity index (χ3n) is 4.66. The van der Waals surface area contributed by atoms with E-state index in [1.807, 2.05) is 0 Å². The number of hydrogen-bond acceptors (Lipinski definition) is 4. The Hall–Kier alpha value is -3.02. The van der Waals surface area contributed by atoms with E-state index in [0.29, 0.717) is 32.8 Å². The quantitative estimate of drug-likeness (QED) is 0.339. The fourth-order valence-corrected chi connectivity index (χ4v) is 3.76. The lowest BCUT2D eigenvalue weighted by atomic mass is 9.99. The minimum Gasteiger partial charge on any atom is -0.507 e. The Morgan fingerprint density at radius 2 is 1.69 bits per heavy atom. The summed E-state index contributed by atoms with van der Waals surface area (Å²) in [6.45, 7) is 1.76. The number of ketones is 1. The first-order chi connectivity index (χ1) is 13.9. The first kappa shape index (κ1) is 19.3. The summed E-state index contributed by atoms with van der Waals surface area (Å²) in [5, 5.41) is 11.7.